The zero-order valence-corrected chi connectivity index (χ0v) is 8.30. The lowest BCUT2D eigenvalue weighted by Crippen LogP contribution is -2.04. The van der Waals surface area contributed by atoms with E-state index in [9.17, 15) is 4.79 Å². The third-order valence-corrected chi connectivity index (χ3v) is 2.23. The van der Waals surface area contributed by atoms with Crippen molar-refractivity contribution in [2.45, 2.75) is 12.8 Å². The van der Waals surface area contributed by atoms with Gasteiger partial charge in [0.25, 0.3) is 0 Å². The van der Waals surface area contributed by atoms with Gasteiger partial charge in [-0.05, 0) is 30.2 Å². The van der Waals surface area contributed by atoms with Crippen molar-refractivity contribution >= 4 is 17.6 Å². The molecule has 0 unspecified atom stereocenters. The summed E-state index contributed by atoms with van der Waals surface area (Å²) in [6, 6.07) is 4.88. The van der Waals surface area contributed by atoms with E-state index in [0.29, 0.717) is 11.1 Å². The highest BCUT2D eigenvalue weighted by Gasteiger charge is 2.12. The first-order valence-electron chi connectivity index (χ1n) is 3.93. The Labute approximate surface area is 86.5 Å². The van der Waals surface area contributed by atoms with E-state index in [4.69, 9.17) is 22.0 Å². The number of aryl methyl sites for hydroxylation is 1. The molecule has 0 heterocycles. The molecule has 0 saturated carbocycles. The molecule has 0 amide bonds. The van der Waals surface area contributed by atoms with Gasteiger partial charge in [0, 0.05) is 5.88 Å². The normalized spacial score (nSPS) is 9.50. The predicted molar refractivity (Wildman–Crippen MR) is 52.4 cm³/mol. The Morgan fingerprint density at radius 2 is 2.29 bits per heavy atom. The Bertz CT molecular complexity index is 421. The third kappa shape index (κ3) is 1.86. The molecule has 0 aliphatic rings. The smallest absolute Gasteiger partial charge is 0.336 e. The number of hydrogen-bond acceptors (Lipinski definition) is 2. The maximum Gasteiger partial charge on any atom is 0.336 e. The van der Waals surface area contributed by atoms with Crippen LogP contribution in [0, 0.1) is 18.3 Å². The lowest BCUT2D eigenvalue weighted by atomic mass is 10.00. The topological polar surface area (TPSA) is 61.1 Å². The van der Waals surface area contributed by atoms with Crippen LogP contribution in [-0.2, 0) is 5.88 Å². The van der Waals surface area contributed by atoms with Gasteiger partial charge in [0.15, 0.2) is 0 Å². The number of halogens is 1. The van der Waals surface area contributed by atoms with Crippen LogP contribution in [0.3, 0.4) is 0 Å². The van der Waals surface area contributed by atoms with E-state index >= 15 is 0 Å². The molecule has 4 heteroatoms. The monoisotopic (exact) mass is 209 g/mol. The van der Waals surface area contributed by atoms with Crippen LogP contribution in [0.5, 0.6) is 0 Å². The first-order valence-corrected chi connectivity index (χ1v) is 4.46. The number of rotatable bonds is 2. The van der Waals surface area contributed by atoms with E-state index in [-0.39, 0.29) is 11.4 Å². The van der Waals surface area contributed by atoms with Gasteiger partial charge in [0.05, 0.1) is 17.2 Å². The van der Waals surface area contributed by atoms with Crippen molar-refractivity contribution in [3.05, 3.63) is 34.4 Å². The van der Waals surface area contributed by atoms with Gasteiger partial charge >= 0.3 is 5.97 Å². The number of carbonyl (C=O) groups is 1. The molecular formula is C10H8ClNO2. The van der Waals surface area contributed by atoms with Crippen molar-refractivity contribution in [1.29, 1.82) is 5.26 Å². The molecular weight excluding hydrogens is 202 g/mol. The summed E-state index contributed by atoms with van der Waals surface area (Å²) in [5.74, 6) is -0.917. The van der Waals surface area contributed by atoms with Gasteiger partial charge in [0.2, 0.25) is 0 Å². The van der Waals surface area contributed by atoms with Crippen molar-refractivity contribution in [3.63, 3.8) is 0 Å². The summed E-state index contributed by atoms with van der Waals surface area (Å²) in [6.45, 7) is 1.74. The molecule has 0 bridgehead atoms. The van der Waals surface area contributed by atoms with Gasteiger partial charge in [-0.3, -0.25) is 0 Å². The largest absolute Gasteiger partial charge is 0.478 e. The lowest BCUT2D eigenvalue weighted by Gasteiger charge is -2.06. The molecule has 1 aromatic rings. The minimum absolute atomic E-state index is 0.108. The Morgan fingerprint density at radius 3 is 2.71 bits per heavy atom. The molecule has 0 atom stereocenters. The molecule has 1 N–H and O–H groups in total. The second-order valence-corrected chi connectivity index (χ2v) is 3.14. The fraction of sp³-hybridized carbons (Fsp3) is 0.200. The summed E-state index contributed by atoms with van der Waals surface area (Å²) in [4.78, 5) is 10.8. The van der Waals surface area contributed by atoms with Crippen LogP contribution in [0.4, 0.5) is 0 Å². The first kappa shape index (κ1) is 10.6. The molecule has 3 nitrogen and oxygen atoms in total. The molecule has 0 aliphatic carbocycles. The average molecular weight is 210 g/mol. The molecule has 0 fully saturated rings. The quantitative estimate of drug-likeness (QED) is 0.761. The Hall–Kier alpha value is -1.53. The molecule has 0 radical (unpaired) electrons. The number of carboxylic acids is 1. The summed E-state index contributed by atoms with van der Waals surface area (Å²) >= 11 is 5.63. The molecule has 72 valence electrons. The van der Waals surface area contributed by atoms with Crippen LogP contribution in [-0.4, -0.2) is 11.1 Å². The van der Waals surface area contributed by atoms with Gasteiger partial charge in [-0.2, -0.15) is 5.26 Å². The van der Waals surface area contributed by atoms with Crippen molar-refractivity contribution in [3.8, 4) is 6.07 Å². The van der Waals surface area contributed by atoms with Crippen LogP contribution in [0.2, 0.25) is 0 Å². The second-order valence-electron chi connectivity index (χ2n) is 2.87. The average Bonchev–Trinajstić information content (AvgIpc) is 2.16. The molecule has 0 aromatic heterocycles. The maximum absolute atomic E-state index is 10.8. The minimum Gasteiger partial charge on any atom is -0.478 e. The molecule has 1 rings (SSSR count). The van der Waals surface area contributed by atoms with Crippen molar-refractivity contribution in [1.82, 2.24) is 0 Å². The molecule has 14 heavy (non-hydrogen) atoms. The second kappa shape index (κ2) is 4.12. The predicted octanol–water partition coefficient (Wildman–Crippen LogP) is 2.30. The first-order chi connectivity index (χ1) is 6.60. The molecule has 0 saturated heterocycles. The number of nitrogens with zero attached hydrogens (tertiary/aromatic N) is 1. The summed E-state index contributed by atoms with van der Waals surface area (Å²) in [5.41, 5.74) is 1.75. The van der Waals surface area contributed by atoms with Gasteiger partial charge < -0.3 is 5.11 Å². The van der Waals surface area contributed by atoms with Gasteiger partial charge in [0.1, 0.15) is 0 Å². The summed E-state index contributed by atoms with van der Waals surface area (Å²) in [7, 11) is 0. The van der Waals surface area contributed by atoms with Crippen molar-refractivity contribution in [2.75, 3.05) is 0 Å². The Morgan fingerprint density at radius 1 is 1.64 bits per heavy atom. The van der Waals surface area contributed by atoms with Crippen LogP contribution in [0.1, 0.15) is 27.0 Å². The van der Waals surface area contributed by atoms with Crippen molar-refractivity contribution in [2.24, 2.45) is 0 Å². The van der Waals surface area contributed by atoms with Crippen molar-refractivity contribution < 1.29 is 9.90 Å². The van der Waals surface area contributed by atoms with Gasteiger partial charge in [-0.15, -0.1) is 11.6 Å². The highest BCUT2D eigenvalue weighted by Crippen LogP contribution is 2.19. The SMILES string of the molecule is Cc1cc(C#N)cc(C(=O)O)c1CCl. The minimum atomic E-state index is -1.05. The maximum atomic E-state index is 10.8. The third-order valence-electron chi connectivity index (χ3n) is 1.97. The van der Waals surface area contributed by atoms with Crippen LogP contribution < -0.4 is 0 Å². The van der Waals surface area contributed by atoms with E-state index in [2.05, 4.69) is 0 Å². The fourth-order valence-electron chi connectivity index (χ4n) is 1.25. The number of carboxylic acid groups (broad SMARTS) is 1. The highest BCUT2D eigenvalue weighted by molar-refractivity contribution is 6.17. The fourth-order valence-corrected chi connectivity index (χ4v) is 1.60. The zero-order chi connectivity index (χ0) is 10.7. The highest BCUT2D eigenvalue weighted by atomic mass is 35.5. The van der Waals surface area contributed by atoms with Crippen LogP contribution in [0.15, 0.2) is 12.1 Å². The molecule has 0 aliphatic heterocycles. The summed E-state index contributed by atoms with van der Waals surface area (Å²) < 4.78 is 0. The summed E-state index contributed by atoms with van der Waals surface area (Å²) in [6.07, 6.45) is 0. The molecule has 1 aromatic carbocycles. The van der Waals surface area contributed by atoms with E-state index < -0.39 is 5.97 Å². The van der Waals surface area contributed by atoms with E-state index in [1.54, 1.807) is 13.0 Å². The number of aromatic carboxylic acids is 1. The number of benzene rings is 1. The number of hydrogen-bond donors (Lipinski definition) is 1. The van der Waals surface area contributed by atoms with Crippen LogP contribution in [0.25, 0.3) is 0 Å². The van der Waals surface area contributed by atoms with E-state index in [1.165, 1.54) is 6.07 Å². The van der Waals surface area contributed by atoms with E-state index in [0.717, 1.165) is 5.56 Å². The summed E-state index contributed by atoms with van der Waals surface area (Å²) in [5, 5.41) is 17.5. The standard InChI is InChI=1S/C10H8ClNO2/c1-6-2-7(5-12)3-8(10(13)14)9(6)4-11/h2-3H,4H2,1H3,(H,13,14). The van der Waals surface area contributed by atoms with Gasteiger partial charge in [-0.1, -0.05) is 0 Å². The Balaban J connectivity index is 3.45. The number of nitriles is 1. The Kier molecular flexibility index (Phi) is 3.10. The van der Waals surface area contributed by atoms with Gasteiger partial charge in [-0.25, -0.2) is 4.79 Å². The lowest BCUT2D eigenvalue weighted by molar-refractivity contribution is 0.0696. The number of alkyl halides is 1. The van der Waals surface area contributed by atoms with E-state index in [1.807, 2.05) is 6.07 Å². The molecule has 0 spiro atoms. The zero-order valence-electron chi connectivity index (χ0n) is 7.54. The van der Waals surface area contributed by atoms with Crippen LogP contribution >= 0.6 is 11.6 Å².